The van der Waals surface area contributed by atoms with Gasteiger partial charge in [0.1, 0.15) is 0 Å². The molecule has 1 aromatic rings. The number of piperidine rings is 1. The molecular formula is C16H26N2O. The highest BCUT2D eigenvalue weighted by Crippen LogP contribution is 2.17. The zero-order chi connectivity index (χ0) is 13.7. The smallest absolute Gasteiger partial charge is 0.0600 e. The second kappa shape index (κ2) is 7.04. The van der Waals surface area contributed by atoms with E-state index < -0.39 is 0 Å². The molecule has 0 saturated carbocycles. The molecule has 0 radical (unpaired) electrons. The molecule has 0 amide bonds. The molecule has 1 heterocycles. The molecule has 0 atom stereocenters. The average molecular weight is 262 g/mol. The Morgan fingerprint density at radius 1 is 1.21 bits per heavy atom. The normalized spacial score (nSPS) is 17.8. The van der Waals surface area contributed by atoms with Crippen LogP contribution in [-0.4, -0.2) is 37.2 Å². The molecule has 0 aliphatic carbocycles. The quantitative estimate of drug-likeness (QED) is 0.884. The Morgan fingerprint density at radius 3 is 2.58 bits per heavy atom. The van der Waals surface area contributed by atoms with E-state index in [1.165, 1.54) is 16.7 Å². The topological polar surface area (TPSA) is 38.5 Å². The third-order valence-corrected chi connectivity index (χ3v) is 3.98. The van der Waals surface area contributed by atoms with Crippen LogP contribution < -0.4 is 5.73 Å². The molecule has 1 aliphatic rings. The highest BCUT2D eigenvalue weighted by Gasteiger charge is 2.19. The van der Waals surface area contributed by atoms with Gasteiger partial charge in [-0.15, -0.1) is 0 Å². The molecule has 3 nitrogen and oxygen atoms in total. The predicted octanol–water partition coefficient (Wildman–Crippen LogP) is 2.24. The molecule has 2 rings (SSSR count). The van der Waals surface area contributed by atoms with Crippen LogP contribution in [0.2, 0.25) is 0 Å². The summed E-state index contributed by atoms with van der Waals surface area (Å²) in [5, 5.41) is 0. The molecule has 0 aromatic heterocycles. The van der Waals surface area contributed by atoms with Crippen molar-refractivity contribution in [2.24, 2.45) is 5.73 Å². The fourth-order valence-electron chi connectivity index (χ4n) is 2.63. The Hall–Kier alpha value is -0.900. The Balaban J connectivity index is 1.80. The van der Waals surface area contributed by atoms with E-state index in [1.807, 2.05) is 0 Å². The number of nitrogens with two attached hydrogens (primary N) is 1. The van der Waals surface area contributed by atoms with Crippen molar-refractivity contribution in [1.82, 2.24) is 4.90 Å². The fraction of sp³-hybridized carbons (Fsp3) is 0.625. The molecule has 19 heavy (non-hydrogen) atoms. The average Bonchev–Trinajstić information content (AvgIpc) is 2.42. The SMILES string of the molecule is Cc1ccc(CN2CCC(OCCN)CC2)cc1C. The van der Waals surface area contributed by atoms with Crippen LogP contribution in [0.1, 0.15) is 29.5 Å². The summed E-state index contributed by atoms with van der Waals surface area (Å²) in [5.41, 5.74) is 9.65. The lowest BCUT2D eigenvalue weighted by molar-refractivity contribution is 0.00978. The number of benzene rings is 1. The van der Waals surface area contributed by atoms with E-state index in [-0.39, 0.29) is 0 Å². The van der Waals surface area contributed by atoms with Gasteiger partial charge in [-0.05, 0) is 43.4 Å². The summed E-state index contributed by atoms with van der Waals surface area (Å²) in [5.74, 6) is 0. The van der Waals surface area contributed by atoms with Gasteiger partial charge >= 0.3 is 0 Å². The number of hydrogen-bond donors (Lipinski definition) is 1. The first-order chi connectivity index (χ1) is 9.19. The number of aryl methyl sites for hydroxylation is 2. The monoisotopic (exact) mass is 262 g/mol. The summed E-state index contributed by atoms with van der Waals surface area (Å²) < 4.78 is 5.71. The largest absolute Gasteiger partial charge is 0.377 e. The standard InChI is InChI=1S/C16H26N2O/c1-13-3-4-15(11-14(13)2)12-18-8-5-16(6-9-18)19-10-7-17/h3-4,11,16H,5-10,12,17H2,1-2H3. The van der Waals surface area contributed by atoms with Crippen molar-refractivity contribution in [2.75, 3.05) is 26.2 Å². The lowest BCUT2D eigenvalue weighted by Gasteiger charge is -2.32. The Kier molecular flexibility index (Phi) is 5.37. The van der Waals surface area contributed by atoms with Crippen LogP contribution in [0.5, 0.6) is 0 Å². The van der Waals surface area contributed by atoms with E-state index in [9.17, 15) is 0 Å². The van der Waals surface area contributed by atoms with Gasteiger partial charge < -0.3 is 10.5 Å². The van der Waals surface area contributed by atoms with Crippen LogP contribution in [0.25, 0.3) is 0 Å². The Labute approximate surface area is 116 Å². The van der Waals surface area contributed by atoms with Crippen molar-refractivity contribution in [1.29, 1.82) is 0 Å². The summed E-state index contributed by atoms with van der Waals surface area (Å²) in [6.07, 6.45) is 2.68. The molecule has 1 saturated heterocycles. The van der Waals surface area contributed by atoms with Gasteiger partial charge in [0.05, 0.1) is 12.7 Å². The van der Waals surface area contributed by atoms with Gasteiger partial charge in [-0.25, -0.2) is 0 Å². The maximum absolute atomic E-state index is 5.71. The Bertz CT molecular complexity index is 398. The van der Waals surface area contributed by atoms with Gasteiger partial charge in [0.25, 0.3) is 0 Å². The van der Waals surface area contributed by atoms with Crippen LogP contribution >= 0.6 is 0 Å². The van der Waals surface area contributed by atoms with Gasteiger partial charge in [0.15, 0.2) is 0 Å². The lowest BCUT2D eigenvalue weighted by Crippen LogP contribution is -2.37. The first-order valence-electron chi connectivity index (χ1n) is 7.29. The van der Waals surface area contributed by atoms with Gasteiger partial charge in [-0.3, -0.25) is 4.90 Å². The van der Waals surface area contributed by atoms with E-state index in [4.69, 9.17) is 10.5 Å². The molecule has 0 bridgehead atoms. The second-order valence-electron chi connectivity index (χ2n) is 5.55. The van der Waals surface area contributed by atoms with E-state index in [2.05, 4.69) is 36.9 Å². The maximum atomic E-state index is 5.71. The molecule has 1 fully saturated rings. The number of rotatable bonds is 5. The molecule has 0 unspecified atom stereocenters. The van der Waals surface area contributed by atoms with Crippen molar-refractivity contribution >= 4 is 0 Å². The highest BCUT2D eigenvalue weighted by molar-refractivity contribution is 5.29. The van der Waals surface area contributed by atoms with Crippen molar-refractivity contribution in [3.8, 4) is 0 Å². The second-order valence-corrected chi connectivity index (χ2v) is 5.55. The lowest BCUT2D eigenvalue weighted by atomic mass is 10.0. The minimum Gasteiger partial charge on any atom is -0.377 e. The minimum absolute atomic E-state index is 0.416. The van der Waals surface area contributed by atoms with Crippen molar-refractivity contribution < 1.29 is 4.74 Å². The third kappa shape index (κ3) is 4.30. The molecule has 3 heteroatoms. The molecule has 106 valence electrons. The van der Waals surface area contributed by atoms with E-state index in [1.54, 1.807) is 0 Å². The molecule has 1 aromatic carbocycles. The van der Waals surface area contributed by atoms with Crippen LogP contribution in [-0.2, 0) is 11.3 Å². The number of nitrogens with zero attached hydrogens (tertiary/aromatic N) is 1. The highest BCUT2D eigenvalue weighted by atomic mass is 16.5. The number of ether oxygens (including phenoxy) is 1. The van der Waals surface area contributed by atoms with Gasteiger partial charge in [-0.1, -0.05) is 18.2 Å². The summed E-state index contributed by atoms with van der Waals surface area (Å²) in [6, 6.07) is 6.79. The molecule has 0 spiro atoms. The van der Waals surface area contributed by atoms with Crippen LogP contribution in [0.15, 0.2) is 18.2 Å². The van der Waals surface area contributed by atoms with E-state index >= 15 is 0 Å². The summed E-state index contributed by atoms with van der Waals surface area (Å²) in [4.78, 5) is 2.52. The van der Waals surface area contributed by atoms with Gasteiger partial charge in [-0.2, -0.15) is 0 Å². The van der Waals surface area contributed by atoms with Crippen molar-refractivity contribution in [2.45, 2.75) is 39.3 Å². The predicted molar refractivity (Wildman–Crippen MR) is 79.2 cm³/mol. The number of likely N-dealkylation sites (tertiary alicyclic amines) is 1. The first-order valence-corrected chi connectivity index (χ1v) is 7.29. The minimum atomic E-state index is 0.416. The van der Waals surface area contributed by atoms with Crippen molar-refractivity contribution in [3.05, 3.63) is 34.9 Å². The summed E-state index contributed by atoms with van der Waals surface area (Å²) in [7, 11) is 0. The third-order valence-electron chi connectivity index (χ3n) is 3.98. The van der Waals surface area contributed by atoms with Crippen LogP contribution in [0.3, 0.4) is 0 Å². The van der Waals surface area contributed by atoms with Gasteiger partial charge in [0, 0.05) is 26.2 Å². The van der Waals surface area contributed by atoms with Crippen molar-refractivity contribution in [3.63, 3.8) is 0 Å². The van der Waals surface area contributed by atoms with Crippen LogP contribution in [0, 0.1) is 13.8 Å². The zero-order valence-corrected chi connectivity index (χ0v) is 12.2. The maximum Gasteiger partial charge on any atom is 0.0600 e. The van der Waals surface area contributed by atoms with Crippen LogP contribution in [0.4, 0.5) is 0 Å². The Morgan fingerprint density at radius 2 is 1.95 bits per heavy atom. The molecule has 2 N–H and O–H groups in total. The zero-order valence-electron chi connectivity index (χ0n) is 12.2. The number of hydrogen-bond acceptors (Lipinski definition) is 3. The molecular weight excluding hydrogens is 236 g/mol. The van der Waals surface area contributed by atoms with E-state index in [0.717, 1.165) is 32.5 Å². The summed E-state index contributed by atoms with van der Waals surface area (Å²) in [6.45, 7) is 8.99. The summed E-state index contributed by atoms with van der Waals surface area (Å²) >= 11 is 0. The fourth-order valence-corrected chi connectivity index (χ4v) is 2.63. The van der Waals surface area contributed by atoms with Gasteiger partial charge in [0.2, 0.25) is 0 Å². The van der Waals surface area contributed by atoms with E-state index in [0.29, 0.717) is 19.3 Å². The molecule has 1 aliphatic heterocycles. The first kappa shape index (κ1) is 14.5.